The molecule has 0 amide bonds. The smallest absolute Gasteiger partial charge is 0.439 e. The highest BCUT2D eigenvalue weighted by Crippen LogP contribution is 2.37. The van der Waals surface area contributed by atoms with E-state index in [-0.39, 0.29) is 24.6 Å². The summed E-state index contributed by atoms with van der Waals surface area (Å²) in [6, 6.07) is 20.8. The van der Waals surface area contributed by atoms with Gasteiger partial charge in [0, 0.05) is 18.1 Å². The van der Waals surface area contributed by atoms with Gasteiger partial charge in [0.2, 0.25) is 12.5 Å². The third kappa shape index (κ3) is 5.23. The molecule has 0 saturated carbocycles. The van der Waals surface area contributed by atoms with Crippen LogP contribution in [0.25, 0.3) is 22.5 Å². The van der Waals surface area contributed by atoms with Gasteiger partial charge in [0.1, 0.15) is 11.6 Å². The molecule has 3 aromatic carbocycles. The topological polar surface area (TPSA) is 121 Å². The third-order valence-corrected chi connectivity index (χ3v) is 6.85. The zero-order valence-electron chi connectivity index (χ0n) is 22.7. The molecule has 0 unspecified atom stereocenters. The summed E-state index contributed by atoms with van der Waals surface area (Å²) in [7, 11) is 0. The molecule has 1 aliphatic heterocycles. The normalized spacial score (nSPS) is 12.0. The molecule has 3 heterocycles. The number of nitrogens with zero attached hydrogens (tertiary/aromatic N) is 3. The van der Waals surface area contributed by atoms with Crippen LogP contribution in [0.2, 0.25) is 0 Å². The van der Waals surface area contributed by atoms with Crippen LogP contribution < -0.4 is 25.5 Å². The summed E-state index contributed by atoms with van der Waals surface area (Å²) in [5.41, 5.74) is 3.64. The lowest BCUT2D eigenvalue weighted by Gasteiger charge is -2.18. The number of benzene rings is 3. The van der Waals surface area contributed by atoms with E-state index in [1.54, 1.807) is 22.8 Å². The van der Waals surface area contributed by atoms with Crippen LogP contribution in [-0.2, 0) is 19.4 Å². The highest BCUT2D eigenvalue weighted by Gasteiger charge is 2.21. The zero-order valence-corrected chi connectivity index (χ0v) is 22.7. The highest BCUT2D eigenvalue weighted by atomic mass is 16.7. The Morgan fingerprint density at radius 3 is 2.54 bits per heavy atom. The second-order valence-corrected chi connectivity index (χ2v) is 9.61. The van der Waals surface area contributed by atoms with Gasteiger partial charge in [-0.3, -0.25) is 18.9 Å². The minimum Gasteiger partial charge on any atom is -0.454 e. The lowest BCUT2D eigenvalue weighted by molar-refractivity contribution is 0.174. The van der Waals surface area contributed by atoms with Crippen molar-refractivity contribution in [2.45, 2.75) is 39.7 Å². The first-order valence-corrected chi connectivity index (χ1v) is 13.5. The number of rotatable bonds is 9. The molecular weight excluding hydrogens is 524 g/mol. The van der Waals surface area contributed by atoms with E-state index in [9.17, 15) is 9.59 Å². The van der Waals surface area contributed by atoms with Crippen molar-refractivity contribution in [1.29, 1.82) is 0 Å². The molecule has 1 aliphatic rings. The Kier molecular flexibility index (Phi) is 7.11. The molecule has 0 radical (unpaired) electrons. The van der Waals surface area contributed by atoms with Crippen molar-refractivity contribution in [1.82, 2.24) is 19.7 Å². The summed E-state index contributed by atoms with van der Waals surface area (Å²) in [6.07, 6.45) is 1.97. The predicted molar refractivity (Wildman–Crippen MR) is 152 cm³/mol. The van der Waals surface area contributed by atoms with Gasteiger partial charge in [-0.05, 0) is 47.7 Å². The van der Waals surface area contributed by atoms with Crippen LogP contribution in [-0.4, -0.2) is 26.5 Å². The molecule has 0 saturated heterocycles. The van der Waals surface area contributed by atoms with Crippen molar-refractivity contribution in [3.63, 3.8) is 0 Å². The van der Waals surface area contributed by atoms with Gasteiger partial charge in [-0.2, -0.15) is 0 Å². The quantitative estimate of drug-likeness (QED) is 0.260. The fourth-order valence-electron chi connectivity index (χ4n) is 4.89. The number of hydrogen-bond donors (Lipinski definition) is 1. The Bertz CT molecular complexity index is 1820. The fraction of sp³-hybridized carbons (Fsp3) is 0.226. The Labute approximate surface area is 235 Å². The molecule has 0 bridgehead atoms. The van der Waals surface area contributed by atoms with E-state index < -0.39 is 5.76 Å². The van der Waals surface area contributed by atoms with Gasteiger partial charge in [0.05, 0.1) is 12.2 Å². The van der Waals surface area contributed by atoms with Crippen molar-refractivity contribution < 1.29 is 18.7 Å². The zero-order chi connectivity index (χ0) is 28.3. The fourth-order valence-corrected chi connectivity index (χ4v) is 4.89. The van der Waals surface area contributed by atoms with E-state index in [4.69, 9.17) is 23.7 Å². The monoisotopic (exact) mass is 552 g/mol. The third-order valence-electron chi connectivity index (χ3n) is 6.85. The molecule has 0 fully saturated rings. The van der Waals surface area contributed by atoms with E-state index in [2.05, 4.69) is 10.1 Å². The minimum absolute atomic E-state index is 0.145. The van der Waals surface area contributed by atoms with Gasteiger partial charge >= 0.3 is 5.76 Å². The minimum atomic E-state index is -0.643. The van der Waals surface area contributed by atoms with Crippen LogP contribution >= 0.6 is 0 Å². The average molecular weight is 553 g/mol. The number of aryl methyl sites for hydroxylation is 2. The van der Waals surface area contributed by atoms with Gasteiger partial charge in [-0.25, -0.2) is 9.78 Å². The van der Waals surface area contributed by atoms with Gasteiger partial charge in [-0.1, -0.05) is 61.5 Å². The summed E-state index contributed by atoms with van der Waals surface area (Å²) in [5.74, 6) is 2.17. The number of H-pyrrole nitrogens is 1. The van der Waals surface area contributed by atoms with Crippen LogP contribution in [0.1, 0.15) is 37.4 Å². The Hall–Kier alpha value is -5.12. The maximum atomic E-state index is 14.0. The maximum Gasteiger partial charge on any atom is 0.439 e. The first-order chi connectivity index (χ1) is 20.0. The molecule has 2 aromatic heterocycles. The van der Waals surface area contributed by atoms with Gasteiger partial charge < -0.3 is 14.2 Å². The molecule has 10 heteroatoms. The van der Waals surface area contributed by atoms with Crippen LogP contribution in [0.3, 0.4) is 0 Å². The number of aromatic nitrogens is 4. The summed E-state index contributed by atoms with van der Waals surface area (Å²) >= 11 is 0. The van der Waals surface area contributed by atoms with Gasteiger partial charge in [-0.15, -0.1) is 0 Å². The molecule has 6 rings (SSSR count). The number of hydrogen-bond acceptors (Lipinski definition) is 8. The first-order valence-electron chi connectivity index (χ1n) is 13.5. The molecule has 0 spiro atoms. The largest absolute Gasteiger partial charge is 0.454 e. The van der Waals surface area contributed by atoms with Crippen LogP contribution in [0.4, 0.5) is 0 Å². The summed E-state index contributed by atoms with van der Waals surface area (Å²) in [4.78, 5) is 33.3. The Morgan fingerprint density at radius 2 is 1.78 bits per heavy atom. The number of nitrogens with one attached hydrogen (secondary N) is 1. The molecule has 10 nitrogen and oxygen atoms in total. The second-order valence-electron chi connectivity index (χ2n) is 9.61. The molecule has 0 atom stereocenters. The SMILES string of the molecule is CCCc1nc(CC)c(Oc2ccc3c(c2)OCO3)c(=O)n1Cc1ccc(-c2ccccc2)c(-c2noc(=O)[nH]2)c1. The number of ether oxygens (including phenoxy) is 3. The molecule has 208 valence electrons. The van der Waals surface area contributed by atoms with Crippen LogP contribution in [0.15, 0.2) is 80.8 Å². The van der Waals surface area contributed by atoms with Crippen LogP contribution in [0, 0.1) is 0 Å². The standard InChI is InChI=1S/C31H28N4O6/c1-3-8-27-32-24(4-2)28(40-21-12-14-25-26(16-21)39-18-38-25)30(36)35(27)17-19-11-13-22(20-9-6-5-7-10-20)23(15-19)29-33-31(37)41-34-29/h5-7,9-16H,3-4,8,17-18H2,1-2H3,(H,33,34,37). The van der Waals surface area contributed by atoms with Crippen molar-refractivity contribution in [2.24, 2.45) is 0 Å². The van der Waals surface area contributed by atoms with E-state index in [0.717, 1.165) is 23.1 Å². The van der Waals surface area contributed by atoms with E-state index >= 15 is 0 Å². The molecular formula is C31H28N4O6. The summed E-state index contributed by atoms with van der Waals surface area (Å²) in [6.45, 7) is 4.38. The van der Waals surface area contributed by atoms with E-state index in [1.807, 2.05) is 62.4 Å². The predicted octanol–water partition coefficient (Wildman–Crippen LogP) is 5.34. The van der Waals surface area contributed by atoms with Crippen molar-refractivity contribution >= 4 is 0 Å². The lowest BCUT2D eigenvalue weighted by Crippen LogP contribution is -2.28. The summed E-state index contributed by atoms with van der Waals surface area (Å²) in [5, 5.41) is 3.93. The molecule has 1 N–H and O–H groups in total. The Balaban J connectivity index is 1.43. The first kappa shape index (κ1) is 26.1. The highest BCUT2D eigenvalue weighted by molar-refractivity contribution is 5.80. The number of fused-ring (bicyclic) bond motifs is 1. The average Bonchev–Trinajstić information content (AvgIpc) is 3.65. The van der Waals surface area contributed by atoms with E-state index in [0.29, 0.717) is 53.0 Å². The molecule has 41 heavy (non-hydrogen) atoms. The molecule has 5 aromatic rings. The lowest BCUT2D eigenvalue weighted by atomic mass is 9.97. The Morgan fingerprint density at radius 1 is 0.951 bits per heavy atom. The van der Waals surface area contributed by atoms with E-state index in [1.165, 1.54) is 0 Å². The van der Waals surface area contributed by atoms with Gasteiger partial charge in [0.15, 0.2) is 17.3 Å². The van der Waals surface area contributed by atoms with Crippen molar-refractivity contribution in [3.05, 3.63) is 105 Å². The van der Waals surface area contributed by atoms with Crippen molar-refractivity contribution in [3.8, 4) is 45.5 Å². The maximum absolute atomic E-state index is 14.0. The second kappa shape index (κ2) is 11.2. The summed E-state index contributed by atoms with van der Waals surface area (Å²) < 4.78 is 23.5. The van der Waals surface area contributed by atoms with Crippen molar-refractivity contribution in [2.75, 3.05) is 6.79 Å². The number of aromatic amines is 1. The van der Waals surface area contributed by atoms with Crippen LogP contribution in [0.5, 0.6) is 23.0 Å². The van der Waals surface area contributed by atoms with Gasteiger partial charge in [0.25, 0.3) is 5.56 Å². The molecule has 0 aliphatic carbocycles.